The predicted molar refractivity (Wildman–Crippen MR) is 269 cm³/mol. The second-order valence-corrected chi connectivity index (χ2v) is 22.4. The zero-order chi connectivity index (χ0) is 50.1. The van der Waals surface area contributed by atoms with Gasteiger partial charge in [0.15, 0.2) is 6.29 Å². The molecule has 0 bridgehead atoms. The maximum absolute atomic E-state index is 12.7. The van der Waals surface area contributed by atoms with Crippen molar-refractivity contribution >= 4 is 104 Å². The molecule has 0 aliphatic carbocycles. The molecule has 0 atom stereocenters. The van der Waals surface area contributed by atoms with Gasteiger partial charge in [0.05, 0.1) is 38.4 Å². The van der Waals surface area contributed by atoms with Crippen molar-refractivity contribution in [3.8, 4) is 0 Å². The lowest BCUT2D eigenvalue weighted by molar-refractivity contribution is -0.127. The van der Waals surface area contributed by atoms with E-state index in [1.54, 1.807) is 12.1 Å². The first-order valence-corrected chi connectivity index (χ1v) is 26.5. The third-order valence-corrected chi connectivity index (χ3v) is 15.6. The Morgan fingerprint density at radius 3 is 1.56 bits per heavy atom. The SMILES string of the molecule is C.C.FC(F)(F)Cc1cc2c(NCC3CCNCC3)ncnc2s1.NS(=O)(=O)c1ccc(C=O)c(Cl)c1.NS(=O)(=O)c1ccc(CN2CCC(CNc3ncnc4sc(CC(F)(F)F)cc34)CC2)c(Cl)c1. The van der Waals surface area contributed by atoms with E-state index in [0.29, 0.717) is 68.3 Å². The van der Waals surface area contributed by atoms with Crippen molar-refractivity contribution in [2.24, 2.45) is 22.1 Å². The number of aldehydes is 1. The molecular formula is C44H54Cl2F6N10O5S4. The lowest BCUT2D eigenvalue weighted by Gasteiger charge is -2.32. The number of aromatic nitrogens is 4. The van der Waals surface area contributed by atoms with Crippen LogP contribution in [0.1, 0.15) is 66.2 Å². The molecule has 6 heterocycles. The summed E-state index contributed by atoms with van der Waals surface area (Å²) in [6.45, 7) is 5.76. The number of carbonyl (C=O) groups excluding carboxylic acids is 1. The van der Waals surface area contributed by atoms with Crippen LogP contribution in [0, 0.1) is 11.8 Å². The Kier molecular flexibility index (Phi) is 21.3. The van der Waals surface area contributed by atoms with Gasteiger partial charge in [0.1, 0.15) is 34.0 Å². The van der Waals surface area contributed by atoms with E-state index in [2.05, 4.69) is 40.8 Å². The summed E-state index contributed by atoms with van der Waals surface area (Å²) in [6, 6.07) is 11.3. The maximum atomic E-state index is 12.7. The van der Waals surface area contributed by atoms with Crippen LogP contribution in [0.5, 0.6) is 0 Å². The summed E-state index contributed by atoms with van der Waals surface area (Å²) in [7, 11) is -7.55. The van der Waals surface area contributed by atoms with Gasteiger partial charge in [-0.25, -0.2) is 47.0 Å². The van der Waals surface area contributed by atoms with Crippen molar-refractivity contribution in [2.45, 2.75) is 82.1 Å². The zero-order valence-corrected chi connectivity index (χ0v) is 41.1. The van der Waals surface area contributed by atoms with Crippen LogP contribution in [0.25, 0.3) is 20.4 Å². The van der Waals surface area contributed by atoms with Crippen molar-refractivity contribution in [3.63, 3.8) is 0 Å². The molecule has 2 aromatic carbocycles. The summed E-state index contributed by atoms with van der Waals surface area (Å²) in [6.07, 6.45) is -2.98. The molecule has 6 aromatic rings. The van der Waals surface area contributed by atoms with Crippen LogP contribution in [0.15, 0.2) is 71.0 Å². The smallest absolute Gasteiger partial charge is 0.369 e. The number of alkyl halides is 6. The molecule has 0 unspecified atom stereocenters. The molecule has 4 aromatic heterocycles. The minimum Gasteiger partial charge on any atom is -0.369 e. The van der Waals surface area contributed by atoms with E-state index in [1.807, 2.05) is 0 Å². The summed E-state index contributed by atoms with van der Waals surface area (Å²) in [5, 5.41) is 21.6. The van der Waals surface area contributed by atoms with Crippen LogP contribution >= 0.6 is 45.9 Å². The third kappa shape index (κ3) is 18.0. The number of thiophene rings is 2. The summed E-state index contributed by atoms with van der Waals surface area (Å²) >= 11 is 14.0. The lowest BCUT2D eigenvalue weighted by atomic mass is 9.96. The van der Waals surface area contributed by atoms with Gasteiger partial charge in [0.25, 0.3) is 0 Å². The van der Waals surface area contributed by atoms with Gasteiger partial charge in [0.2, 0.25) is 20.0 Å². The Hall–Kier alpha value is -4.31. The molecule has 2 aliphatic heterocycles. The number of nitrogens with one attached hydrogen (secondary N) is 3. The highest BCUT2D eigenvalue weighted by Crippen LogP contribution is 2.35. The number of fused-ring (bicyclic) bond motifs is 2. The van der Waals surface area contributed by atoms with Gasteiger partial charge in [0, 0.05) is 40.0 Å². The molecule has 0 saturated carbocycles. The molecule has 7 N–H and O–H groups in total. The van der Waals surface area contributed by atoms with Gasteiger partial charge in [-0.1, -0.05) is 44.1 Å². The Morgan fingerprint density at radius 1 is 0.690 bits per heavy atom. The maximum Gasteiger partial charge on any atom is 0.393 e. The minimum absolute atomic E-state index is 0. The molecule has 2 aliphatic rings. The fourth-order valence-electron chi connectivity index (χ4n) is 7.43. The molecule has 2 saturated heterocycles. The van der Waals surface area contributed by atoms with Gasteiger partial charge >= 0.3 is 12.4 Å². The van der Waals surface area contributed by atoms with E-state index in [0.717, 1.165) is 92.7 Å². The number of sulfonamides is 2. The zero-order valence-electron chi connectivity index (χ0n) is 36.3. The van der Waals surface area contributed by atoms with Crippen LogP contribution in [0.4, 0.5) is 38.0 Å². The van der Waals surface area contributed by atoms with Crippen molar-refractivity contribution in [2.75, 3.05) is 49.9 Å². The Morgan fingerprint density at radius 2 is 1.14 bits per heavy atom. The van der Waals surface area contributed by atoms with Crippen LogP contribution in [0.3, 0.4) is 0 Å². The number of piperidine rings is 2. The average Bonchev–Trinajstić information content (AvgIpc) is 3.88. The van der Waals surface area contributed by atoms with E-state index < -0.39 is 45.2 Å². The highest BCUT2D eigenvalue weighted by atomic mass is 35.5. The first-order chi connectivity index (χ1) is 32.4. The molecule has 71 heavy (non-hydrogen) atoms. The molecule has 0 amide bonds. The normalized spacial score (nSPS) is 15.1. The van der Waals surface area contributed by atoms with Gasteiger partial charge in [-0.05, 0) is 112 Å². The highest BCUT2D eigenvalue weighted by Gasteiger charge is 2.30. The van der Waals surface area contributed by atoms with Crippen LogP contribution in [-0.4, -0.2) is 99.6 Å². The number of nitrogens with zero attached hydrogens (tertiary/aromatic N) is 5. The Bertz CT molecular complexity index is 2950. The van der Waals surface area contributed by atoms with E-state index >= 15 is 0 Å². The van der Waals surface area contributed by atoms with Crippen LogP contribution < -0.4 is 26.2 Å². The molecule has 15 nitrogen and oxygen atoms in total. The van der Waals surface area contributed by atoms with Crippen LogP contribution in [-0.2, 0) is 39.4 Å². The van der Waals surface area contributed by atoms with E-state index in [1.165, 1.54) is 43.0 Å². The van der Waals surface area contributed by atoms with Crippen LogP contribution in [0.2, 0.25) is 10.0 Å². The third-order valence-electron chi connectivity index (χ3n) is 11.0. The van der Waals surface area contributed by atoms with Crippen molar-refractivity contribution < 1.29 is 48.0 Å². The number of hydrogen-bond acceptors (Lipinski definition) is 15. The predicted octanol–water partition coefficient (Wildman–Crippen LogP) is 9.70. The number of benzene rings is 2. The fraction of sp³-hybridized carbons (Fsp3) is 0.432. The summed E-state index contributed by atoms with van der Waals surface area (Å²) in [4.78, 5) is 30.7. The standard InChI is InChI=1S/C21H23ClF3N5O2S2.C14H17F3N4S.C7H6ClNO3S.2CH4/c22-18-8-16(34(26,31)32)2-1-14(18)11-30-5-3-13(4-6-30)10-27-19-17-7-15(9-21(23,24)25)33-20(17)29-12-28-19;15-14(16,17)6-10-5-11-12(20-8-21-13(11)22-10)19-7-9-1-3-18-4-2-9;8-7-3-6(13(9,11)12)2-1-5(7)4-10;;/h1-2,7-8,12-13H,3-6,9-11H2,(H2,26,31,32)(H,27,28,29);5,8-9,18H,1-4,6-7H2,(H,19,20,21);1-4H,(H2,9,11,12);2*1H4. The van der Waals surface area contributed by atoms with E-state index in [9.17, 15) is 48.0 Å². The Balaban J connectivity index is 0.000000254. The van der Waals surface area contributed by atoms with Gasteiger partial charge < -0.3 is 16.0 Å². The quantitative estimate of drug-likeness (QED) is 0.0537. The number of rotatable bonds is 13. The van der Waals surface area contributed by atoms with Gasteiger partial charge in [-0.2, -0.15) is 26.3 Å². The second-order valence-electron chi connectivity index (χ2n) is 16.2. The first-order valence-electron chi connectivity index (χ1n) is 21.0. The largest absolute Gasteiger partial charge is 0.393 e. The minimum atomic E-state index is -4.26. The monoisotopic (exact) mass is 1110 g/mol. The van der Waals surface area contributed by atoms with E-state index in [4.69, 9.17) is 33.5 Å². The number of halogens is 8. The number of likely N-dealkylation sites (tertiary alicyclic amines) is 1. The van der Waals surface area contributed by atoms with Crippen molar-refractivity contribution in [1.29, 1.82) is 0 Å². The lowest BCUT2D eigenvalue weighted by Crippen LogP contribution is -2.35. The fourth-order valence-corrected chi connectivity index (χ4v) is 11.2. The number of carbonyl (C=O) groups is 1. The van der Waals surface area contributed by atoms with E-state index in [-0.39, 0.29) is 45.0 Å². The molecule has 0 radical (unpaired) electrons. The Labute approximate surface area is 426 Å². The molecule has 27 heteroatoms. The summed E-state index contributed by atoms with van der Waals surface area (Å²) in [5.74, 6) is 2.14. The number of nitrogens with two attached hydrogens (primary N) is 2. The summed E-state index contributed by atoms with van der Waals surface area (Å²) < 4.78 is 120. The number of anilines is 2. The highest BCUT2D eigenvalue weighted by molar-refractivity contribution is 7.89. The first kappa shape index (κ1) is 59.3. The number of hydrogen-bond donors (Lipinski definition) is 5. The second kappa shape index (κ2) is 25.6. The topological polar surface area (TPSA) is 228 Å². The summed E-state index contributed by atoms with van der Waals surface area (Å²) in [5.41, 5.74) is 1.07. The molecule has 390 valence electrons. The van der Waals surface area contributed by atoms with Gasteiger partial charge in [-0.3, -0.25) is 9.69 Å². The molecular weight excluding hydrogens is 1060 g/mol. The number of primary sulfonamides is 2. The molecule has 0 spiro atoms. The molecule has 2 fully saturated rings. The van der Waals surface area contributed by atoms with Gasteiger partial charge in [-0.15, -0.1) is 22.7 Å². The van der Waals surface area contributed by atoms with Crippen molar-refractivity contribution in [3.05, 3.63) is 92.1 Å². The average molecular weight is 1120 g/mol. The molecule has 8 rings (SSSR count). The van der Waals surface area contributed by atoms with Crippen molar-refractivity contribution in [1.82, 2.24) is 30.2 Å².